The van der Waals surface area contributed by atoms with Crippen LogP contribution in [0.2, 0.25) is 0 Å². The zero-order valence-corrected chi connectivity index (χ0v) is 13.8. The van der Waals surface area contributed by atoms with Gasteiger partial charge in [-0.25, -0.2) is 0 Å². The SMILES string of the molecule is CCCc1cc(N2CCOC3(CCOC3)C2)c2ccccc2n1. The Morgan fingerprint density at radius 3 is 3.00 bits per heavy atom. The number of para-hydroxylation sites is 1. The van der Waals surface area contributed by atoms with Gasteiger partial charge in [0.2, 0.25) is 0 Å². The number of aryl methyl sites for hydroxylation is 1. The molecule has 0 bridgehead atoms. The van der Waals surface area contributed by atoms with Crippen molar-refractivity contribution >= 4 is 16.6 Å². The first-order valence-corrected chi connectivity index (χ1v) is 8.65. The highest BCUT2D eigenvalue weighted by Gasteiger charge is 2.40. The van der Waals surface area contributed by atoms with Gasteiger partial charge in [-0.2, -0.15) is 0 Å². The van der Waals surface area contributed by atoms with Crippen molar-refractivity contribution in [2.75, 3.05) is 37.8 Å². The van der Waals surface area contributed by atoms with Crippen LogP contribution in [0.5, 0.6) is 0 Å². The van der Waals surface area contributed by atoms with E-state index in [9.17, 15) is 0 Å². The molecule has 0 radical (unpaired) electrons. The Morgan fingerprint density at radius 2 is 2.17 bits per heavy atom. The first-order valence-electron chi connectivity index (χ1n) is 8.65. The highest BCUT2D eigenvalue weighted by molar-refractivity contribution is 5.92. The first-order chi connectivity index (χ1) is 11.3. The van der Waals surface area contributed by atoms with Gasteiger partial charge in [-0.05, 0) is 18.6 Å². The van der Waals surface area contributed by atoms with Crippen LogP contribution in [0.4, 0.5) is 5.69 Å². The highest BCUT2D eigenvalue weighted by atomic mass is 16.6. The molecule has 4 rings (SSSR count). The fourth-order valence-electron chi connectivity index (χ4n) is 3.73. The maximum Gasteiger partial charge on any atom is 0.111 e. The van der Waals surface area contributed by atoms with Crippen molar-refractivity contribution in [3.05, 3.63) is 36.0 Å². The summed E-state index contributed by atoms with van der Waals surface area (Å²) in [6, 6.07) is 10.7. The monoisotopic (exact) mass is 312 g/mol. The maximum absolute atomic E-state index is 6.09. The summed E-state index contributed by atoms with van der Waals surface area (Å²) in [6.07, 6.45) is 3.14. The predicted molar refractivity (Wildman–Crippen MR) is 92.1 cm³/mol. The molecule has 2 aromatic rings. The minimum atomic E-state index is -0.118. The Bertz CT molecular complexity index is 695. The van der Waals surface area contributed by atoms with Crippen molar-refractivity contribution in [3.8, 4) is 0 Å². The second-order valence-electron chi connectivity index (χ2n) is 6.66. The highest BCUT2D eigenvalue weighted by Crippen LogP contribution is 2.33. The van der Waals surface area contributed by atoms with Crippen LogP contribution in [0.15, 0.2) is 30.3 Å². The van der Waals surface area contributed by atoms with Gasteiger partial charge in [-0.3, -0.25) is 4.98 Å². The fourth-order valence-corrected chi connectivity index (χ4v) is 3.73. The molecule has 0 saturated carbocycles. The topological polar surface area (TPSA) is 34.6 Å². The van der Waals surface area contributed by atoms with Gasteiger partial charge in [0, 0.05) is 42.9 Å². The van der Waals surface area contributed by atoms with Crippen molar-refractivity contribution in [2.24, 2.45) is 0 Å². The maximum atomic E-state index is 6.09. The van der Waals surface area contributed by atoms with Crippen molar-refractivity contribution in [1.29, 1.82) is 0 Å². The Kier molecular flexibility index (Phi) is 3.95. The molecule has 3 heterocycles. The van der Waals surface area contributed by atoms with Gasteiger partial charge in [0.05, 0.1) is 18.7 Å². The van der Waals surface area contributed by atoms with E-state index >= 15 is 0 Å². The quantitative estimate of drug-likeness (QED) is 0.872. The van der Waals surface area contributed by atoms with E-state index in [4.69, 9.17) is 14.5 Å². The van der Waals surface area contributed by atoms with E-state index in [1.807, 2.05) is 0 Å². The lowest BCUT2D eigenvalue weighted by atomic mass is 9.99. The van der Waals surface area contributed by atoms with Gasteiger partial charge < -0.3 is 14.4 Å². The number of benzene rings is 1. The second-order valence-corrected chi connectivity index (χ2v) is 6.66. The Hall–Kier alpha value is -1.65. The summed E-state index contributed by atoms with van der Waals surface area (Å²) in [7, 11) is 0. The second kappa shape index (κ2) is 6.10. The minimum Gasteiger partial charge on any atom is -0.378 e. The number of aromatic nitrogens is 1. The number of ether oxygens (including phenoxy) is 2. The van der Waals surface area contributed by atoms with Gasteiger partial charge in [-0.1, -0.05) is 31.5 Å². The van der Waals surface area contributed by atoms with Crippen molar-refractivity contribution in [1.82, 2.24) is 4.98 Å². The summed E-state index contributed by atoms with van der Waals surface area (Å²) in [5.74, 6) is 0. The Labute approximate surface area is 137 Å². The van der Waals surface area contributed by atoms with E-state index in [0.29, 0.717) is 6.61 Å². The largest absolute Gasteiger partial charge is 0.378 e. The lowest BCUT2D eigenvalue weighted by molar-refractivity contribution is -0.0578. The summed E-state index contributed by atoms with van der Waals surface area (Å²) in [5.41, 5.74) is 3.46. The van der Waals surface area contributed by atoms with E-state index in [2.05, 4.69) is 42.2 Å². The van der Waals surface area contributed by atoms with Gasteiger partial charge in [0.1, 0.15) is 5.60 Å². The van der Waals surface area contributed by atoms with Crippen LogP contribution in [-0.4, -0.2) is 43.5 Å². The molecule has 4 nitrogen and oxygen atoms in total. The van der Waals surface area contributed by atoms with Crippen molar-refractivity contribution < 1.29 is 9.47 Å². The van der Waals surface area contributed by atoms with Crippen LogP contribution >= 0.6 is 0 Å². The van der Waals surface area contributed by atoms with Crippen LogP contribution in [0.25, 0.3) is 10.9 Å². The summed E-state index contributed by atoms with van der Waals surface area (Å²) >= 11 is 0. The molecule has 2 saturated heterocycles. The van der Waals surface area contributed by atoms with Crippen LogP contribution in [0.1, 0.15) is 25.5 Å². The smallest absolute Gasteiger partial charge is 0.111 e. The Morgan fingerprint density at radius 1 is 1.26 bits per heavy atom. The van der Waals surface area contributed by atoms with Gasteiger partial charge in [-0.15, -0.1) is 0 Å². The number of pyridine rings is 1. The average Bonchev–Trinajstić information content (AvgIpc) is 3.02. The molecule has 122 valence electrons. The van der Waals surface area contributed by atoms with Crippen molar-refractivity contribution in [2.45, 2.75) is 31.8 Å². The Balaban J connectivity index is 1.74. The lowest BCUT2D eigenvalue weighted by Gasteiger charge is -2.41. The molecule has 0 amide bonds. The third-order valence-electron chi connectivity index (χ3n) is 4.91. The molecule has 1 spiro atoms. The number of nitrogens with zero attached hydrogens (tertiary/aromatic N) is 2. The standard InChI is InChI=1S/C19H24N2O2/c1-2-5-15-12-18(16-6-3-4-7-17(16)20-15)21-9-11-23-19(13-21)8-10-22-14-19/h3-4,6-7,12H,2,5,8-11,13-14H2,1H3. The molecule has 2 aliphatic rings. The number of rotatable bonds is 3. The third kappa shape index (κ3) is 2.81. The molecule has 0 N–H and O–H groups in total. The van der Waals surface area contributed by atoms with E-state index < -0.39 is 0 Å². The third-order valence-corrected chi connectivity index (χ3v) is 4.91. The zero-order valence-electron chi connectivity index (χ0n) is 13.8. The predicted octanol–water partition coefficient (Wildman–Crippen LogP) is 3.18. The summed E-state index contributed by atoms with van der Waals surface area (Å²) in [6.45, 7) is 6.34. The zero-order chi connectivity index (χ0) is 15.7. The first kappa shape index (κ1) is 14.9. The lowest BCUT2D eigenvalue weighted by Crippen LogP contribution is -2.52. The van der Waals surface area contributed by atoms with E-state index in [1.54, 1.807) is 0 Å². The van der Waals surface area contributed by atoms with Gasteiger partial charge in [0.15, 0.2) is 0 Å². The number of morpholine rings is 1. The summed E-state index contributed by atoms with van der Waals surface area (Å²) in [5, 5.41) is 1.24. The molecule has 23 heavy (non-hydrogen) atoms. The number of fused-ring (bicyclic) bond motifs is 1. The number of anilines is 1. The average molecular weight is 312 g/mol. The van der Waals surface area contributed by atoms with Crippen LogP contribution < -0.4 is 4.90 Å². The molecular formula is C19H24N2O2. The van der Waals surface area contributed by atoms with Crippen LogP contribution in [0, 0.1) is 0 Å². The van der Waals surface area contributed by atoms with Crippen LogP contribution in [0.3, 0.4) is 0 Å². The molecule has 1 aromatic heterocycles. The summed E-state index contributed by atoms with van der Waals surface area (Å²) in [4.78, 5) is 7.30. The molecule has 4 heteroatoms. The number of hydrogen-bond acceptors (Lipinski definition) is 4. The van der Waals surface area contributed by atoms with Gasteiger partial charge >= 0.3 is 0 Å². The van der Waals surface area contributed by atoms with E-state index in [0.717, 1.165) is 51.1 Å². The molecule has 2 aliphatic heterocycles. The van der Waals surface area contributed by atoms with Crippen LogP contribution in [-0.2, 0) is 15.9 Å². The minimum absolute atomic E-state index is 0.118. The molecule has 0 aliphatic carbocycles. The molecule has 1 atom stereocenters. The molecule has 1 unspecified atom stereocenters. The fraction of sp³-hybridized carbons (Fsp3) is 0.526. The molecule has 1 aromatic carbocycles. The molecule has 2 fully saturated rings. The van der Waals surface area contributed by atoms with E-state index in [-0.39, 0.29) is 5.60 Å². The molecular weight excluding hydrogens is 288 g/mol. The van der Waals surface area contributed by atoms with Gasteiger partial charge in [0.25, 0.3) is 0 Å². The van der Waals surface area contributed by atoms with E-state index in [1.165, 1.54) is 16.8 Å². The number of hydrogen-bond donors (Lipinski definition) is 0. The normalized spacial score (nSPS) is 24.7. The summed E-state index contributed by atoms with van der Waals surface area (Å²) < 4.78 is 11.7. The van der Waals surface area contributed by atoms with Crippen molar-refractivity contribution in [3.63, 3.8) is 0 Å².